The molecule has 1 aromatic heterocycles. The van der Waals surface area contributed by atoms with Crippen molar-refractivity contribution in [3.8, 4) is 0 Å². The molecule has 0 aliphatic heterocycles. The number of sulfone groups is 1. The quantitative estimate of drug-likeness (QED) is 0.751. The van der Waals surface area contributed by atoms with Crippen LogP contribution in [0.25, 0.3) is 10.9 Å². The van der Waals surface area contributed by atoms with Crippen molar-refractivity contribution < 1.29 is 18.4 Å². The van der Waals surface area contributed by atoms with Gasteiger partial charge >= 0.3 is 0 Å². The lowest BCUT2D eigenvalue weighted by Crippen LogP contribution is -2.43. The zero-order chi connectivity index (χ0) is 16.2. The van der Waals surface area contributed by atoms with Crippen molar-refractivity contribution >= 4 is 20.7 Å². The molecule has 1 heterocycles. The minimum Gasteiger partial charge on any atom is -0.380 e. The maximum atomic E-state index is 12.3. The number of benzene rings is 1. The third kappa shape index (κ3) is 4.23. The molecule has 0 aliphatic carbocycles. The molecule has 0 saturated carbocycles. The van der Waals surface area contributed by atoms with Gasteiger partial charge in [0.25, 0.3) is 0 Å². The monoisotopic (exact) mass is 324 g/mol. The summed E-state index contributed by atoms with van der Waals surface area (Å²) in [5, 5.41) is 9.99. The summed E-state index contributed by atoms with van der Waals surface area (Å²) in [6.07, 6.45) is 1.15. The number of rotatable bonds is 7. The van der Waals surface area contributed by atoms with E-state index in [-0.39, 0.29) is 11.5 Å². The van der Waals surface area contributed by atoms with Crippen LogP contribution in [0.1, 0.15) is 12.5 Å². The molecule has 6 nitrogen and oxygen atoms in total. The second-order valence-corrected chi connectivity index (χ2v) is 7.38. The second-order valence-electron chi connectivity index (χ2n) is 5.27. The highest BCUT2D eigenvalue weighted by atomic mass is 32.2. The van der Waals surface area contributed by atoms with E-state index in [4.69, 9.17) is 9.94 Å². The third-order valence-electron chi connectivity index (χ3n) is 3.57. The Morgan fingerprint density at radius 2 is 2.09 bits per heavy atom. The van der Waals surface area contributed by atoms with Crippen LogP contribution in [-0.2, 0) is 20.3 Å². The van der Waals surface area contributed by atoms with E-state index < -0.39 is 22.0 Å². The molecule has 0 spiro atoms. The molecule has 0 bridgehead atoms. The van der Waals surface area contributed by atoms with Gasteiger partial charge in [0, 0.05) is 18.7 Å². The molecule has 0 aliphatic rings. The van der Waals surface area contributed by atoms with Crippen molar-refractivity contribution in [1.82, 2.24) is 10.5 Å². The van der Waals surface area contributed by atoms with Crippen LogP contribution in [0.3, 0.4) is 0 Å². The fraction of sp³-hybridized carbons (Fsp3) is 0.400. The van der Waals surface area contributed by atoms with Crippen LogP contribution < -0.4 is 5.48 Å². The normalized spacial score (nSPS) is 14.9. The number of pyridine rings is 1. The van der Waals surface area contributed by atoms with Crippen molar-refractivity contribution in [2.24, 2.45) is 0 Å². The van der Waals surface area contributed by atoms with Crippen LogP contribution in [0.15, 0.2) is 36.5 Å². The van der Waals surface area contributed by atoms with Crippen LogP contribution >= 0.6 is 0 Å². The van der Waals surface area contributed by atoms with E-state index in [1.54, 1.807) is 13.1 Å². The van der Waals surface area contributed by atoms with Gasteiger partial charge < -0.3 is 9.94 Å². The molecule has 0 amide bonds. The lowest BCUT2D eigenvalue weighted by molar-refractivity contribution is 0.0297. The van der Waals surface area contributed by atoms with Crippen molar-refractivity contribution in [2.75, 3.05) is 12.9 Å². The first-order valence-corrected chi connectivity index (χ1v) is 8.74. The maximum Gasteiger partial charge on any atom is 0.156 e. The predicted molar refractivity (Wildman–Crippen MR) is 84.4 cm³/mol. The molecule has 2 N–H and O–H groups in total. The van der Waals surface area contributed by atoms with E-state index in [9.17, 15) is 8.42 Å². The van der Waals surface area contributed by atoms with Crippen LogP contribution in [0.4, 0.5) is 0 Å². The third-order valence-corrected chi connectivity index (χ3v) is 5.21. The Labute approximate surface area is 130 Å². The molecule has 2 rings (SSSR count). The summed E-state index contributed by atoms with van der Waals surface area (Å²) < 4.78 is 29.6. The number of methoxy groups -OCH3 is 1. The summed E-state index contributed by atoms with van der Waals surface area (Å²) in [6.45, 7) is 1.70. The first-order chi connectivity index (χ1) is 10.4. The molecular formula is C15H20N2O4S. The average molecular weight is 324 g/mol. The molecular weight excluding hydrogens is 304 g/mol. The van der Waals surface area contributed by atoms with Gasteiger partial charge in [-0.15, -0.1) is 0 Å². The van der Waals surface area contributed by atoms with Gasteiger partial charge in [-0.25, -0.2) is 8.42 Å². The lowest BCUT2D eigenvalue weighted by atomic mass is 10.2. The number of para-hydroxylation sites is 1. The Morgan fingerprint density at radius 1 is 1.36 bits per heavy atom. The molecule has 0 saturated heterocycles. The van der Waals surface area contributed by atoms with Crippen molar-refractivity contribution in [2.45, 2.75) is 24.8 Å². The lowest BCUT2D eigenvalue weighted by Gasteiger charge is -2.21. The van der Waals surface area contributed by atoms with Crippen molar-refractivity contribution in [3.05, 3.63) is 42.1 Å². The summed E-state index contributed by atoms with van der Waals surface area (Å²) >= 11 is 0. The predicted octanol–water partition coefficient (Wildman–Crippen LogP) is 1.53. The molecule has 7 heteroatoms. The van der Waals surface area contributed by atoms with Gasteiger partial charge in [-0.1, -0.05) is 18.2 Å². The zero-order valence-electron chi connectivity index (χ0n) is 12.6. The van der Waals surface area contributed by atoms with Crippen LogP contribution in [-0.4, -0.2) is 43.6 Å². The number of nitrogens with one attached hydrogen (secondary N) is 1. The number of aromatic nitrogens is 1. The fourth-order valence-corrected chi connectivity index (χ4v) is 3.90. The van der Waals surface area contributed by atoms with Gasteiger partial charge in [0.1, 0.15) is 0 Å². The summed E-state index contributed by atoms with van der Waals surface area (Å²) in [6, 6.07) is 8.68. The molecule has 0 fully saturated rings. The Hall–Kier alpha value is -1.54. The SMILES string of the molecule is COC(C)C(CS(=O)(=O)Cc1cnc2ccccc2c1)NO. The summed E-state index contributed by atoms with van der Waals surface area (Å²) in [4.78, 5) is 4.26. The van der Waals surface area contributed by atoms with Gasteiger partial charge in [-0.3, -0.25) is 4.98 Å². The van der Waals surface area contributed by atoms with Crippen LogP contribution in [0, 0.1) is 0 Å². The minimum absolute atomic E-state index is 0.126. The first kappa shape index (κ1) is 16.8. The van der Waals surface area contributed by atoms with E-state index in [1.165, 1.54) is 7.11 Å². The van der Waals surface area contributed by atoms with Crippen molar-refractivity contribution in [1.29, 1.82) is 0 Å². The number of hydrogen-bond donors (Lipinski definition) is 2. The average Bonchev–Trinajstić information content (AvgIpc) is 2.51. The zero-order valence-corrected chi connectivity index (χ0v) is 13.4. The molecule has 2 unspecified atom stereocenters. The Balaban J connectivity index is 2.16. The van der Waals surface area contributed by atoms with E-state index in [1.807, 2.05) is 35.8 Å². The summed E-state index contributed by atoms with van der Waals surface area (Å²) in [5.74, 6) is -0.342. The molecule has 22 heavy (non-hydrogen) atoms. The topological polar surface area (TPSA) is 88.5 Å². The molecule has 1 aromatic carbocycles. The molecule has 2 aromatic rings. The largest absolute Gasteiger partial charge is 0.380 e. The number of fused-ring (bicyclic) bond motifs is 1. The Morgan fingerprint density at radius 3 is 2.77 bits per heavy atom. The van der Waals surface area contributed by atoms with Crippen LogP contribution in [0.2, 0.25) is 0 Å². The smallest absolute Gasteiger partial charge is 0.156 e. The summed E-state index contributed by atoms with van der Waals surface area (Å²) in [7, 11) is -1.95. The standard InChI is InChI=1S/C15H20N2O4S/c1-11(21-2)15(17-18)10-22(19,20)9-12-7-13-5-3-4-6-14(13)16-8-12/h3-8,11,15,17-18H,9-10H2,1-2H3. The van der Waals surface area contributed by atoms with Gasteiger partial charge in [-0.2, -0.15) is 5.48 Å². The highest BCUT2D eigenvalue weighted by Crippen LogP contribution is 2.15. The second kappa shape index (κ2) is 7.15. The molecule has 2 atom stereocenters. The highest BCUT2D eigenvalue weighted by Gasteiger charge is 2.24. The Kier molecular flexibility index (Phi) is 5.47. The fourth-order valence-electron chi connectivity index (χ4n) is 2.22. The van der Waals surface area contributed by atoms with E-state index in [2.05, 4.69) is 4.98 Å². The number of hydrogen-bond acceptors (Lipinski definition) is 6. The Bertz CT molecular complexity index is 733. The number of ether oxygens (including phenoxy) is 1. The summed E-state index contributed by atoms with van der Waals surface area (Å²) in [5.41, 5.74) is 3.46. The molecule has 120 valence electrons. The number of hydroxylamine groups is 1. The first-order valence-electron chi connectivity index (χ1n) is 6.91. The van der Waals surface area contributed by atoms with E-state index in [0.717, 1.165) is 10.9 Å². The highest BCUT2D eigenvalue weighted by molar-refractivity contribution is 7.90. The van der Waals surface area contributed by atoms with E-state index in [0.29, 0.717) is 5.56 Å². The molecule has 0 radical (unpaired) electrons. The van der Waals surface area contributed by atoms with Gasteiger partial charge in [0.15, 0.2) is 9.84 Å². The van der Waals surface area contributed by atoms with Gasteiger partial charge in [0.05, 0.1) is 29.2 Å². The number of nitrogens with zero attached hydrogens (tertiary/aromatic N) is 1. The maximum absolute atomic E-state index is 12.3. The van der Waals surface area contributed by atoms with Gasteiger partial charge in [0.2, 0.25) is 0 Å². The minimum atomic E-state index is -3.41. The van der Waals surface area contributed by atoms with Gasteiger partial charge in [-0.05, 0) is 24.6 Å². The van der Waals surface area contributed by atoms with Crippen LogP contribution in [0.5, 0.6) is 0 Å². The van der Waals surface area contributed by atoms with Crippen molar-refractivity contribution in [3.63, 3.8) is 0 Å². The van der Waals surface area contributed by atoms with E-state index >= 15 is 0 Å².